The molecular formula is C11H14O4S. The summed E-state index contributed by atoms with van der Waals surface area (Å²) in [6.45, 7) is 0. The number of aromatic carboxylic acids is 1. The average molecular weight is 242 g/mol. The van der Waals surface area contributed by atoms with Crippen molar-refractivity contribution in [1.29, 1.82) is 0 Å². The topological polar surface area (TPSA) is 70.7 Å². The molecule has 0 spiro atoms. The van der Waals surface area contributed by atoms with Crippen LogP contribution in [0.3, 0.4) is 0 Å². The summed E-state index contributed by atoms with van der Waals surface area (Å²) in [5.74, 6) is -1.11. The predicted molar refractivity (Wildman–Crippen MR) is 59.8 cm³/mol. The van der Waals surface area contributed by atoms with E-state index in [1.807, 2.05) is 0 Å². The zero-order valence-corrected chi connectivity index (χ0v) is 9.57. The SMILES string of the molecule is O=C(O)c1ccc(SC2CCCCC2O)o1. The van der Waals surface area contributed by atoms with Crippen LogP contribution < -0.4 is 0 Å². The maximum atomic E-state index is 10.6. The molecule has 1 fully saturated rings. The summed E-state index contributed by atoms with van der Waals surface area (Å²) in [6.07, 6.45) is 3.65. The Hall–Kier alpha value is -0.940. The van der Waals surface area contributed by atoms with Gasteiger partial charge >= 0.3 is 5.97 Å². The van der Waals surface area contributed by atoms with Crippen LogP contribution in [0.5, 0.6) is 0 Å². The lowest BCUT2D eigenvalue weighted by molar-refractivity contribution is 0.0656. The van der Waals surface area contributed by atoms with E-state index >= 15 is 0 Å². The number of aliphatic hydroxyl groups excluding tert-OH is 1. The molecule has 4 nitrogen and oxygen atoms in total. The third kappa shape index (κ3) is 2.59. The molecule has 16 heavy (non-hydrogen) atoms. The Bertz CT molecular complexity index is 374. The number of hydrogen-bond donors (Lipinski definition) is 2. The van der Waals surface area contributed by atoms with Crippen LogP contribution in [0.2, 0.25) is 0 Å². The third-order valence-electron chi connectivity index (χ3n) is 2.73. The molecule has 0 bridgehead atoms. The number of furan rings is 1. The number of aliphatic hydroxyl groups is 1. The van der Waals surface area contributed by atoms with Gasteiger partial charge in [0.2, 0.25) is 5.76 Å². The van der Waals surface area contributed by atoms with Gasteiger partial charge in [-0.3, -0.25) is 0 Å². The number of hydrogen-bond acceptors (Lipinski definition) is 4. The van der Waals surface area contributed by atoms with Crippen LogP contribution in [0.25, 0.3) is 0 Å². The van der Waals surface area contributed by atoms with Gasteiger partial charge in [-0.2, -0.15) is 0 Å². The molecule has 0 radical (unpaired) electrons. The summed E-state index contributed by atoms with van der Waals surface area (Å²) < 4.78 is 5.15. The van der Waals surface area contributed by atoms with Gasteiger partial charge in [0.05, 0.1) is 6.10 Å². The van der Waals surface area contributed by atoms with Crippen LogP contribution in [0, 0.1) is 0 Å². The highest BCUT2D eigenvalue weighted by Gasteiger charge is 2.25. The second-order valence-electron chi connectivity index (χ2n) is 3.93. The second kappa shape index (κ2) is 4.93. The van der Waals surface area contributed by atoms with Gasteiger partial charge in [-0.25, -0.2) is 4.79 Å². The van der Waals surface area contributed by atoms with E-state index in [1.54, 1.807) is 6.07 Å². The van der Waals surface area contributed by atoms with Crippen molar-refractivity contribution in [2.75, 3.05) is 0 Å². The Balaban J connectivity index is 1.99. The Kier molecular flexibility index (Phi) is 3.56. The highest BCUT2D eigenvalue weighted by molar-refractivity contribution is 7.99. The van der Waals surface area contributed by atoms with E-state index in [-0.39, 0.29) is 17.1 Å². The largest absolute Gasteiger partial charge is 0.475 e. The molecule has 1 aliphatic rings. The van der Waals surface area contributed by atoms with Crippen molar-refractivity contribution in [1.82, 2.24) is 0 Å². The smallest absolute Gasteiger partial charge is 0.371 e. The molecule has 2 atom stereocenters. The zero-order valence-electron chi connectivity index (χ0n) is 8.76. The molecule has 1 aliphatic carbocycles. The van der Waals surface area contributed by atoms with Crippen molar-refractivity contribution in [3.63, 3.8) is 0 Å². The van der Waals surface area contributed by atoms with Crippen molar-refractivity contribution in [3.05, 3.63) is 17.9 Å². The van der Waals surface area contributed by atoms with Crippen molar-refractivity contribution in [2.45, 2.75) is 42.1 Å². The van der Waals surface area contributed by atoms with Gasteiger partial charge in [0.1, 0.15) is 0 Å². The molecule has 0 amide bonds. The molecule has 1 aromatic heterocycles. The average Bonchev–Trinajstić information content (AvgIpc) is 2.70. The number of carboxylic acids is 1. The summed E-state index contributed by atoms with van der Waals surface area (Å²) in [5, 5.41) is 19.2. The molecule has 2 N–H and O–H groups in total. The molecule has 0 aromatic carbocycles. The van der Waals surface area contributed by atoms with E-state index in [1.165, 1.54) is 17.8 Å². The minimum absolute atomic E-state index is 0.0483. The highest BCUT2D eigenvalue weighted by atomic mass is 32.2. The van der Waals surface area contributed by atoms with E-state index in [4.69, 9.17) is 9.52 Å². The molecule has 0 saturated heterocycles. The van der Waals surface area contributed by atoms with Crippen molar-refractivity contribution >= 4 is 17.7 Å². The summed E-state index contributed by atoms with van der Waals surface area (Å²) >= 11 is 1.43. The minimum Gasteiger partial charge on any atom is -0.475 e. The third-order valence-corrected chi connectivity index (χ3v) is 4.03. The van der Waals surface area contributed by atoms with E-state index in [2.05, 4.69) is 0 Å². The number of thioether (sulfide) groups is 1. The van der Waals surface area contributed by atoms with Crippen LogP contribution in [-0.4, -0.2) is 27.5 Å². The highest BCUT2D eigenvalue weighted by Crippen LogP contribution is 2.34. The first kappa shape index (κ1) is 11.5. The Morgan fingerprint density at radius 3 is 2.75 bits per heavy atom. The van der Waals surface area contributed by atoms with Gasteiger partial charge < -0.3 is 14.6 Å². The van der Waals surface area contributed by atoms with Crippen molar-refractivity contribution in [3.8, 4) is 0 Å². The standard InChI is InChI=1S/C11H14O4S/c12-7-3-1-2-4-9(7)16-10-6-5-8(15-10)11(13)14/h5-7,9,12H,1-4H2,(H,13,14). The lowest BCUT2D eigenvalue weighted by Gasteiger charge is -2.25. The minimum atomic E-state index is -1.06. The van der Waals surface area contributed by atoms with E-state index in [0.717, 1.165) is 25.7 Å². The zero-order chi connectivity index (χ0) is 11.5. The monoisotopic (exact) mass is 242 g/mol. The van der Waals surface area contributed by atoms with Crippen LogP contribution in [0.15, 0.2) is 21.6 Å². The fraction of sp³-hybridized carbons (Fsp3) is 0.545. The number of carbonyl (C=O) groups is 1. The van der Waals surface area contributed by atoms with Crippen molar-refractivity contribution in [2.24, 2.45) is 0 Å². The second-order valence-corrected chi connectivity index (χ2v) is 5.18. The number of carboxylic acid groups (broad SMARTS) is 1. The lowest BCUT2D eigenvalue weighted by Crippen LogP contribution is -2.26. The van der Waals surface area contributed by atoms with E-state index < -0.39 is 5.97 Å². The first-order valence-electron chi connectivity index (χ1n) is 5.34. The maximum Gasteiger partial charge on any atom is 0.371 e. The van der Waals surface area contributed by atoms with Gasteiger partial charge in [0.25, 0.3) is 0 Å². The molecule has 2 unspecified atom stereocenters. The first-order valence-corrected chi connectivity index (χ1v) is 6.22. The lowest BCUT2D eigenvalue weighted by atomic mass is 9.97. The van der Waals surface area contributed by atoms with Gasteiger partial charge in [0, 0.05) is 5.25 Å². The Morgan fingerprint density at radius 2 is 2.12 bits per heavy atom. The van der Waals surface area contributed by atoms with E-state index in [9.17, 15) is 9.90 Å². The molecule has 1 heterocycles. The fourth-order valence-electron chi connectivity index (χ4n) is 1.86. The molecule has 0 aliphatic heterocycles. The molecule has 1 saturated carbocycles. The predicted octanol–water partition coefficient (Wildman–Crippen LogP) is 2.37. The summed E-state index contributed by atoms with van der Waals surface area (Å²) in [4.78, 5) is 10.6. The maximum absolute atomic E-state index is 10.6. The summed E-state index contributed by atoms with van der Waals surface area (Å²) in [5.41, 5.74) is 0. The van der Waals surface area contributed by atoms with Gasteiger partial charge in [-0.05, 0) is 25.0 Å². The van der Waals surface area contributed by atoms with Crippen LogP contribution in [0.1, 0.15) is 36.2 Å². The molecule has 2 rings (SSSR count). The fourth-order valence-corrected chi connectivity index (χ4v) is 3.02. The normalized spacial score (nSPS) is 25.6. The van der Waals surface area contributed by atoms with Crippen LogP contribution >= 0.6 is 11.8 Å². The molecule has 1 aromatic rings. The summed E-state index contributed by atoms with van der Waals surface area (Å²) in [7, 11) is 0. The Morgan fingerprint density at radius 1 is 1.38 bits per heavy atom. The van der Waals surface area contributed by atoms with Gasteiger partial charge in [0.15, 0.2) is 5.09 Å². The summed E-state index contributed by atoms with van der Waals surface area (Å²) in [6, 6.07) is 3.09. The van der Waals surface area contributed by atoms with Gasteiger partial charge in [-0.15, -0.1) is 0 Å². The van der Waals surface area contributed by atoms with E-state index in [0.29, 0.717) is 5.09 Å². The molecule has 88 valence electrons. The Labute approximate surface area is 97.6 Å². The molecular weight excluding hydrogens is 228 g/mol. The molecule has 5 heteroatoms. The van der Waals surface area contributed by atoms with Crippen molar-refractivity contribution < 1.29 is 19.4 Å². The van der Waals surface area contributed by atoms with Crippen LogP contribution in [0.4, 0.5) is 0 Å². The van der Waals surface area contributed by atoms with Gasteiger partial charge in [-0.1, -0.05) is 24.6 Å². The number of rotatable bonds is 3. The van der Waals surface area contributed by atoms with Crippen LogP contribution in [-0.2, 0) is 0 Å². The first-order chi connectivity index (χ1) is 7.66. The quantitative estimate of drug-likeness (QED) is 0.851.